The Kier molecular flexibility index (Phi) is 3.62. The van der Waals surface area contributed by atoms with Crippen molar-refractivity contribution in [3.05, 3.63) is 62.4 Å². The monoisotopic (exact) mass is 305 g/mol. The van der Waals surface area contributed by atoms with Crippen molar-refractivity contribution >= 4 is 28.0 Å². The van der Waals surface area contributed by atoms with Gasteiger partial charge in [-0.05, 0) is 36.2 Å². The van der Waals surface area contributed by atoms with Crippen LogP contribution in [-0.2, 0) is 0 Å². The van der Waals surface area contributed by atoms with Crippen LogP contribution in [0.5, 0.6) is 0 Å². The van der Waals surface area contributed by atoms with Crippen LogP contribution in [-0.4, -0.2) is 10.9 Å². The fourth-order valence-electron chi connectivity index (χ4n) is 1.55. The number of aromatic nitrogens is 1. The summed E-state index contributed by atoms with van der Waals surface area (Å²) in [5, 5.41) is 4.09. The highest BCUT2D eigenvalue weighted by Crippen LogP contribution is 2.10. The quantitative estimate of drug-likeness (QED) is 0.866. The Morgan fingerprint density at radius 3 is 2.78 bits per heavy atom. The minimum absolute atomic E-state index is 0.237. The Hall–Kier alpha value is -1.88. The summed E-state index contributed by atoms with van der Waals surface area (Å²) in [7, 11) is 0. The molecule has 2 N–H and O–H groups in total. The predicted octanol–water partition coefficient (Wildman–Crippen LogP) is 2.38. The SMILES string of the molecule is Cc1cc(N)n(/N=C\c2cccc(Br)c2)c(=O)c1. The van der Waals surface area contributed by atoms with E-state index in [1.165, 1.54) is 10.7 Å². The number of hydrogen-bond donors (Lipinski definition) is 1. The summed E-state index contributed by atoms with van der Waals surface area (Å²) in [6, 6.07) is 10.8. The van der Waals surface area contributed by atoms with Gasteiger partial charge in [0.15, 0.2) is 0 Å². The van der Waals surface area contributed by atoms with E-state index in [4.69, 9.17) is 5.73 Å². The van der Waals surface area contributed by atoms with Gasteiger partial charge in [-0.15, -0.1) is 0 Å². The highest BCUT2D eigenvalue weighted by Gasteiger charge is 1.99. The molecule has 92 valence electrons. The fraction of sp³-hybridized carbons (Fsp3) is 0.0769. The Bertz CT molecular complexity index is 662. The molecule has 0 aliphatic heterocycles. The number of hydrogen-bond acceptors (Lipinski definition) is 3. The van der Waals surface area contributed by atoms with Crippen LogP contribution < -0.4 is 11.3 Å². The van der Waals surface area contributed by atoms with Gasteiger partial charge in [0.2, 0.25) is 0 Å². The van der Waals surface area contributed by atoms with E-state index < -0.39 is 0 Å². The van der Waals surface area contributed by atoms with Crippen LogP contribution in [0, 0.1) is 6.92 Å². The molecule has 0 aliphatic carbocycles. The first kappa shape index (κ1) is 12.6. The molecule has 0 spiro atoms. The van der Waals surface area contributed by atoms with Crippen LogP contribution in [0.1, 0.15) is 11.1 Å². The number of nitrogens with two attached hydrogens (primary N) is 1. The Labute approximate surface area is 113 Å². The summed E-state index contributed by atoms with van der Waals surface area (Å²) in [6.07, 6.45) is 1.60. The number of pyridine rings is 1. The normalized spacial score (nSPS) is 11.0. The summed E-state index contributed by atoms with van der Waals surface area (Å²) in [4.78, 5) is 11.7. The zero-order valence-electron chi connectivity index (χ0n) is 9.80. The maximum atomic E-state index is 11.7. The summed E-state index contributed by atoms with van der Waals surface area (Å²) in [6.45, 7) is 1.82. The third kappa shape index (κ3) is 2.87. The van der Waals surface area contributed by atoms with E-state index in [0.29, 0.717) is 5.82 Å². The van der Waals surface area contributed by atoms with E-state index in [1.807, 2.05) is 31.2 Å². The molecule has 0 fully saturated rings. The lowest BCUT2D eigenvalue weighted by Gasteiger charge is -2.03. The molecule has 1 aromatic heterocycles. The van der Waals surface area contributed by atoms with E-state index in [2.05, 4.69) is 21.0 Å². The molecule has 2 aromatic rings. The lowest BCUT2D eigenvalue weighted by molar-refractivity contribution is 0.843. The highest BCUT2D eigenvalue weighted by atomic mass is 79.9. The summed E-state index contributed by atoms with van der Waals surface area (Å²) in [5.41, 5.74) is 7.23. The van der Waals surface area contributed by atoms with Crippen molar-refractivity contribution in [2.24, 2.45) is 5.10 Å². The van der Waals surface area contributed by atoms with Gasteiger partial charge in [0.25, 0.3) is 5.56 Å². The summed E-state index contributed by atoms with van der Waals surface area (Å²) >= 11 is 3.37. The maximum absolute atomic E-state index is 11.7. The molecule has 2 rings (SSSR count). The minimum Gasteiger partial charge on any atom is -0.384 e. The van der Waals surface area contributed by atoms with Gasteiger partial charge in [-0.1, -0.05) is 28.1 Å². The predicted molar refractivity (Wildman–Crippen MR) is 77.0 cm³/mol. The number of anilines is 1. The van der Waals surface area contributed by atoms with Gasteiger partial charge in [0.1, 0.15) is 5.82 Å². The van der Waals surface area contributed by atoms with Crippen LogP contribution in [0.4, 0.5) is 5.82 Å². The minimum atomic E-state index is -0.237. The van der Waals surface area contributed by atoms with Crippen LogP contribution in [0.3, 0.4) is 0 Å². The van der Waals surface area contributed by atoms with Gasteiger partial charge in [0, 0.05) is 10.5 Å². The van der Waals surface area contributed by atoms with E-state index in [9.17, 15) is 4.79 Å². The van der Waals surface area contributed by atoms with Crippen molar-refractivity contribution in [3.63, 3.8) is 0 Å². The number of rotatable bonds is 2. The molecule has 0 amide bonds. The Morgan fingerprint density at radius 2 is 2.11 bits per heavy atom. The molecule has 18 heavy (non-hydrogen) atoms. The topological polar surface area (TPSA) is 60.4 Å². The first-order chi connectivity index (χ1) is 8.56. The second-order valence-corrected chi connectivity index (χ2v) is 4.82. The van der Waals surface area contributed by atoms with Gasteiger partial charge in [-0.25, -0.2) is 0 Å². The number of aryl methyl sites for hydroxylation is 1. The maximum Gasteiger partial charge on any atom is 0.273 e. The summed E-state index contributed by atoms with van der Waals surface area (Å²) < 4.78 is 2.13. The van der Waals surface area contributed by atoms with Crippen LogP contribution >= 0.6 is 15.9 Å². The molecule has 0 saturated carbocycles. The van der Waals surface area contributed by atoms with Crippen molar-refractivity contribution < 1.29 is 0 Å². The van der Waals surface area contributed by atoms with Crippen LogP contribution in [0.25, 0.3) is 0 Å². The lowest BCUT2D eigenvalue weighted by atomic mass is 10.2. The first-order valence-electron chi connectivity index (χ1n) is 5.35. The number of halogens is 1. The number of nitrogen functional groups attached to an aromatic ring is 1. The van der Waals surface area contributed by atoms with Gasteiger partial charge in [0.05, 0.1) is 6.21 Å². The molecule has 0 atom stereocenters. The van der Waals surface area contributed by atoms with Gasteiger partial charge in [-0.3, -0.25) is 4.79 Å². The lowest BCUT2D eigenvalue weighted by Crippen LogP contribution is -2.19. The van der Waals surface area contributed by atoms with Crippen LogP contribution in [0.2, 0.25) is 0 Å². The van der Waals surface area contributed by atoms with Gasteiger partial charge in [-0.2, -0.15) is 9.78 Å². The Morgan fingerprint density at radius 1 is 1.33 bits per heavy atom. The molecule has 5 heteroatoms. The highest BCUT2D eigenvalue weighted by molar-refractivity contribution is 9.10. The van der Waals surface area contributed by atoms with E-state index in [1.54, 1.807) is 12.3 Å². The molecule has 0 bridgehead atoms. The zero-order valence-corrected chi connectivity index (χ0v) is 11.4. The third-order valence-corrected chi connectivity index (χ3v) is 2.84. The molecule has 0 radical (unpaired) electrons. The molecule has 1 aromatic carbocycles. The van der Waals surface area contributed by atoms with Crippen molar-refractivity contribution in [2.75, 3.05) is 5.73 Å². The summed E-state index contributed by atoms with van der Waals surface area (Å²) in [5.74, 6) is 0.325. The second-order valence-electron chi connectivity index (χ2n) is 3.91. The molecule has 0 aliphatic rings. The number of nitrogens with zero attached hydrogens (tertiary/aromatic N) is 2. The van der Waals surface area contributed by atoms with E-state index >= 15 is 0 Å². The smallest absolute Gasteiger partial charge is 0.273 e. The molecule has 1 heterocycles. The van der Waals surface area contributed by atoms with Gasteiger partial charge >= 0.3 is 0 Å². The third-order valence-electron chi connectivity index (χ3n) is 2.35. The molecular weight excluding hydrogens is 294 g/mol. The van der Waals surface area contributed by atoms with Crippen LogP contribution in [0.15, 0.2) is 50.8 Å². The van der Waals surface area contributed by atoms with Crippen molar-refractivity contribution in [3.8, 4) is 0 Å². The van der Waals surface area contributed by atoms with Crippen molar-refractivity contribution in [1.29, 1.82) is 0 Å². The average Bonchev–Trinajstić information content (AvgIpc) is 2.27. The Balaban J connectivity index is 2.38. The first-order valence-corrected chi connectivity index (χ1v) is 6.14. The average molecular weight is 306 g/mol. The molecule has 0 unspecified atom stereocenters. The second kappa shape index (κ2) is 5.18. The van der Waals surface area contributed by atoms with Crippen molar-refractivity contribution in [2.45, 2.75) is 6.92 Å². The van der Waals surface area contributed by atoms with Crippen molar-refractivity contribution in [1.82, 2.24) is 4.68 Å². The van der Waals surface area contributed by atoms with E-state index in [-0.39, 0.29) is 5.56 Å². The molecule has 0 saturated heterocycles. The standard InChI is InChI=1S/C13H12BrN3O/c1-9-5-12(15)17(13(18)6-9)16-8-10-3-2-4-11(14)7-10/h2-8H,15H2,1H3/b16-8-. The molecule has 4 nitrogen and oxygen atoms in total. The van der Waals surface area contributed by atoms with Gasteiger partial charge < -0.3 is 5.73 Å². The molecular formula is C13H12BrN3O. The van der Waals surface area contributed by atoms with E-state index in [0.717, 1.165) is 15.6 Å². The largest absolute Gasteiger partial charge is 0.384 e. The number of benzene rings is 1. The zero-order chi connectivity index (χ0) is 13.1. The fourth-order valence-corrected chi connectivity index (χ4v) is 1.97.